The summed E-state index contributed by atoms with van der Waals surface area (Å²) in [6, 6.07) is 12.3. The van der Waals surface area contributed by atoms with E-state index in [-0.39, 0.29) is 17.5 Å². The van der Waals surface area contributed by atoms with Crippen molar-refractivity contribution < 1.29 is 22.7 Å². The van der Waals surface area contributed by atoms with Crippen LogP contribution in [0.4, 0.5) is 18.9 Å². The molecular weight excluding hydrogens is 489 g/mol. The maximum atomic E-state index is 12.6. The van der Waals surface area contributed by atoms with Crippen molar-refractivity contribution in [1.29, 1.82) is 5.41 Å². The average Bonchev–Trinajstić information content (AvgIpc) is 3.12. The fourth-order valence-corrected chi connectivity index (χ4v) is 3.93. The van der Waals surface area contributed by atoms with Crippen LogP contribution in [0.3, 0.4) is 0 Å². The molecule has 0 spiro atoms. The maximum Gasteiger partial charge on any atom is 0.573 e. The van der Waals surface area contributed by atoms with Gasteiger partial charge in [0.05, 0.1) is 0 Å². The van der Waals surface area contributed by atoms with E-state index in [0.717, 1.165) is 6.42 Å². The molecule has 3 rings (SSSR count). The second-order valence-electron chi connectivity index (χ2n) is 7.24. The van der Waals surface area contributed by atoms with Gasteiger partial charge in [-0.3, -0.25) is 10.2 Å². The lowest BCUT2D eigenvalue weighted by Gasteiger charge is -2.31. The van der Waals surface area contributed by atoms with Crippen LogP contribution in [0.2, 0.25) is 0 Å². The van der Waals surface area contributed by atoms with Gasteiger partial charge in [-0.2, -0.15) is 0 Å². The van der Waals surface area contributed by atoms with Gasteiger partial charge >= 0.3 is 6.36 Å². The van der Waals surface area contributed by atoms with Crippen LogP contribution in [0.5, 0.6) is 5.75 Å². The van der Waals surface area contributed by atoms with Crippen LogP contribution in [0.1, 0.15) is 65.5 Å². The number of alkyl halides is 3. The van der Waals surface area contributed by atoms with Crippen molar-refractivity contribution in [3.05, 3.63) is 59.7 Å². The number of nitrogens with one attached hydrogen (secondary N) is 3. The second-order valence-corrected chi connectivity index (χ2v) is 7.62. The average molecular weight is 525 g/mol. The Morgan fingerprint density at radius 2 is 1.69 bits per heavy atom. The van der Waals surface area contributed by atoms with E-state index in [0.29, 0.717) is 34.9 Å². The van der Waals surface area contributed by atoms with Crippen LogP contribution < -0.4 is 15.4 Å². The van der Waals surface area contributed by atoms with Gasteiger partial charge in [0.2, 0.25) is 5.91 Å². The normalized spacial score (nSPS) is 16.8. The number of amides is 1. The van der Waals surface area contributed by atoms with Crippen LogP contribution in [0.15, 0.2) is 48.5 Å². The lowest BCUT2D eigenvalue weighted by Crippen LogP contribution is -2.45. The van der Waals surface area contributed by atoms with Crippen LogP contribution in [-0.4, -0.2) is 34.7 Å². The molecule has 1 aliphatic rings. The Kier molecular flexibility index (Phi) is 11.9. The number of halogens is 3. The summed E-state index contributed by atoms with van der Waals surface area (Å²) < 4.78 is 41.7. The lowest BCUT2D eigenvalue weighted by molar-refractivity contribution is -0.274. The van der Waals surface area contributed by atoms with Crippen LogP contribution >= 0.6 is 12.2 Å². The fraction of sp³-hybridized carbons (Fsp3) is 0.423. The van der Waals surface area contributed by atoms with E-state index in [4.69, 9.17) is 17.6 Å². The van der Waals surface area contributed by atoms with E-state index in [2.05, 4.69) is 15.4 Å². The molecule has 1 fully saturated rings. The minimum atomic E-state index is -4.80. The Bertz CT molecular complexity index is 1030. The monoisotopic (exact) mass is 524 g/mol. The van der Waals surface area contributed by atoms with Crippen molar-refractivity contribution in [1.82, 2.24) is 10.2 Å². The third-order valence-electron chi connectivity index (χ3n) is 5.03. The predicted octanol–water partition coefficient (Wildman–Crippen LogP) is 6.81. The van der Waals surface area contributed by atoms with E-state index < -0.39 is 11.9 Å². The zero-order valence-electron chi connectivity index (χ0n) is 21.5. The molecule has 2 aromatic rings. The highest BCUT2D eigenvalue weighted by Gasteiger charge is 2.49. The molecule has 36 heavy (non-hydrogen) atoms. The smallest absolute Gasteiger partial charge is 0.406 e. The highest BCUT2D eigenvalue weighted by Crippen LogP contribution is 2.38. The molecule has 1 unspecified atom stereocenters. The minimum Gasteiger partial charge on any atom is -0.406 e. The standard InChI is InChI=1S/C22H23F3N4O2S.2C2H6/c1-3-12-29-19(26)21(28-20(29)32,14-8-10-17(11-9-14)31-22(23,24)25)15-6-5-7-16(13-15)27-18(30)4-2;2*1-2/h5-11,13,26H,3-4,12H2,1-2H3,(H,27,30)(H,28,32);2*1-2H3. The molecule has 1 atom stereocenters. The summed E-state index contributed by atoms with van der Waals surface area (Å²) in [6.07, 6.45) is -3.76. The molecule has 0 aliphatic carbocycles. The Labute approximate surface area is 216 Å². The van der Waals surface area contributed by atoms with Crippen molar-refractivity contribution in [2.75, 3.05) is 11.9 Å². The van der Waals surface area contributed by atoms with Gasteiger partial charge in [0.15, 0.2) is 5.11 Å². The van der Waals surface area contributed by atoms with Crippen molar-refractivity contribution in [3.8, 4) is 5.75 Å². The minimum absolute atomic E-state index is 0.146. The van der Waals surface area contributed by atoms with E-state index in [9.17, 15) is 18.0 Å². The van der Waals surface area contributed by atoms with Crippen molar-refractivity contribution in [3.63, 3.8) is 0 Å². The molecule has 1 saturated heterocycles. The van der Waals surface area contributed by atoms with Crippen LogP contribution in [-0.2, 0) is 10.3 Å². The molecule has 0 radical (unpaired) electrons. The first-order valence-electron chi connectivity index (χ1n) is 12.1. The fourth-order valence-electron chi connectivity index (χ4n) is 3.60. The molecule has 6 nitrogen and oxygen atoms in total. The third-order valence-corrected chi connectivity index (χ3v) is 5.36. The number of hydrogen-bond acceptors (Lipinski definition) is 4. The molecule has 0 aromatic heterocycles. The van der Waals surface area contributed by atoms with Gasteiger partial charge in [-0.15, -0.1) is 13.2 Å². The number of ether oxygens (including phenoxy) is 1. The summed E-state index contributed by atoms with van der Waals surface area (Å²) in [6.45, 7) is 12.2. The van der Waals surface area contributed by atoms with Crippen molar-refractivity contribution >= 4 is 34.8 Å². The Morgan fingerprint density at radius 1 is 1.08 bits per heavy atom. The van der Waals surface area contributed by atoms with Gasteiger partial charge in [-0.05, 0) is 54.0 Å². The highest BCUT2D eigenvalue weighted by molar-refractivity contribution is 7.80. The summed E-state index contributed by atoms with van der Waals surface area (Å²) in [5, 5.41) is 15.3. The number of benzene rings is 2. The molecule has 0 bridgehead atoms. The van der Waals surface area contributed by atoms with Gasteiger partial charge in [-0.1, -0.05) is 65.8 Å². The van der Waals surface area contributed by atoms with Crippen molar-refractivity contribution in [2.45, 2.75) is 66.3 Å². The van der Waals surface area contributed by atoms with Crippen molar-refractivity contribution in [2.24, 2.45) is 0 Å². The van der Waals surface area contributed by atoms with E-state index in [1.54, 1.807) is 36.1 Å². The largest absolute Gasteiger partial charge is 0.573 e. The van der Waals surface area contributed by atoms with Gasteiger partial charge in [0.25, 0.3) is 0 Å². The second kappa shape index (κ2) is 13.8. The summed E-state index contributed by atoms with van der Waals surface area (Å²) in [4.78, 5) is 13.5. The van der Waals surface area contributed by atoms with Gasteiger partial charge in [0.1, 0.15) is 17.1 Å². The SMILES string of the molecule is CC.CC.CCCN1C(=N)C(c2ccc(OC(F)(F)F)cc2)(c2cccc(NC(=O)CC)c2)NC1=S. The zero-order chi connectivity index (χ0) is 27.5. The number of carbonyl (C=O) groups is 1. The van der Waals surface area contributed by atoms with Crippen LogP contribution in [0, 0.1) is 5.41 Å². The first-order chi connectivity index (χ1) is 17.1. The quantitative estimate of drug-likeness (QED) is 0.347. The first kappa shape index (κ1) is 30.9. The zero-order valence-corrected chi connectivity index (χ0v) is 22.4. The topological polar surface area (TPSA) is 77.5 Å². The molecule has 198 valence electrons. The Hall–Kier alpha value is -3.14. The van der Waals surface area contributed by atoms with Crippen LogP contribution in [0.25, 0.3) is 0 Å². The number of amidine groups is 1. The lowest BCUT2D eigenvalue weighted by atomic mass is 9.82. The molecule has 1 amide bonds. The third kappa shape index (κ3) is 7.19. The highest BCUT2D eigenvalue weighted by atomic mass is 32.1. The number of nitrogens with zero attached hydrogens (tertiary/aromatic N) is 1. The molecule has 1 aliphatic heterocycles. The number of carbonyl (C=O) groups excluding carboxylic acids is 1. The molecular formula is C26H35F3N4O2S. The first-order valence-corrected chi connectivity index (χ1v) is 12.5. The van der Waals surface area contributed by atoms with E-state index in [1.165, 1.54) is 24.3 Å². The Morgan fingerprint density at radius 3 is 2.22 bits per heavy atom. The molecule has 1 heterocycles. The molecule has 2 aromatic carbocycles. The Balaban J connectivity index is 0.00000154. The molecule has 3 N–H and O–H groups in total. The maximum absolute atomic E-state index is 12.6. The number of rotatable bonds is 7. The summed E-state index contributed by atoms with van der Waals surface area (Å²) >= 11 is 5.48. The number of hydrogen-bond donors (Lipinski definition) is 3. The summed E-state index contributed by atoms with van der Waals surface area (Å²) in [7, 11) is 0. The van der Waals surface area contributed by atoms with E-state index >= 15 is 0 Å². The number of anilines is 1. The molecule has 10 heteroatoms. The van der Waals surface area contributed by atoms with Gasteiger partial charge in [-0.25, -0.2) is 0 Å². The van der Waals surface area contributed by atoms with Gasteiger partial charge < -0.3 is 20.3 Å². The summed E-state index contributed by atoms with van der Waals surface area (Å²) in [5.41, 5.74) is 0.426. The summed E-state index contributed by atoms with van der Waals surface area (Å²) in [5.74, 6) is -0.381. The van der Waals surface area contributed by atoms with Gasteiger partial charge in [0, 0.05) is 18.7 Å². The molecule has 0 saturated carbocycles. The predicted molar refractivity (Wildman–Crippen MR) is 142 cm³/mol. The van der Waals surface area contributed by atoms with E-state index in [1.807, 2.05) is 34.6 Å². The number of thiocarbonyl (C=S) groups is 1.